The summed E-state index contributed by atoms with van der Waals surface area (Å²) in [7, 11) is 1.95. The molecule has 3 aliphatic carbocycles. The zero-order chi connectivity index (χ0) is 30.0. The topological polar surface area (TPSA) is 87.3 Å². The summed E-state index contributed by atoms with van der Waals surface area (Å²) >= 11 is 0. The van der Waals surface area contributed by atoms with E-state index >= 15 is 0 Å². The number of hydrogen-bond donors (Lipinski definition) is 3. The van der Waals surface area contributed by atoms with Crippen molar-refractivity contribution in [3.05, 3.63) is 0 Å². The third-order valence-corrected chi connectivity index (χ3v) is 7.15. The second-order valence-corrected chi connectivity index (χ2v) is 11.9. The third-order valence-electron chi connectivity index (χ3n) is 7.15. The van der Waals surface area contributed by atoms with Gasteiger partial charge in [0.25, 0.3) is 5.92 Å². The highest BCUT2D eigenvalue weighted by Gasteiger charge is 2.45. The summed E-state index contributed by atoms with van der Waals surface area (Å²) in [4.78, 5) is 32.9. The molecule has 0 aromatic rings. The summed E-state index contributed by atoms with van der Waals surface area (Å²) in [5, 5.41) is 8.52. The Morgan fingerprint density at radius 2 is 1.21 bits per heavy atom. The number of carbonyl (C=O) groups is 3. The van der Waals surface area contributed by atoms with E-state index in [4.69, 9.17) is 0 Å². The van der Waals surface area contributed by atoms with Crippen LogP contribution in [0, 0.1) is 17.8 Å². The number of amides is 2. The highest BCUT2D eigenvalue weighted by molar-refractivity contribution is 5.80. The lowest BCUT2D eigenvalue weighted by atomic mass is 9.85. The summed E-state index contributed by atoms with van der Waals surface area (Å²) in [6.07, 6.45) is 9.28. The van der Waals surface area contributed by atoms with Crippen molar-refractivity contribution in [1.29, 1.82) is 0 Å². The zero-order valence-electron chi connectivity index (χ0n) is 25.5. The molecular weight excluding hydrogens is 507 g/mol. The molecule has 6 nitrogen and oxygen atoms in total. The van der Waals surface area contributed by atoms with Crippen LogP contribution < -0.4 is 16.0 Å². The molecule has 3 aliphatic rings. The van der Waals surface area contributed by atoms with Gasteiger partial charge in [0.1, 0.15) is 18.4 Å². The van der Waals surface area contributed by atoms with E-state index in [1.54, 1.807) is 13.8 Å². The minimum absolute atomic E-state index is 0.0692. The van der Waals surface area contributed by atoms with Crippen molar-refractivity contribution >= 4 is 18.1 Å². The average Bonchev–Trinajstić information content (AvgIpc) is 3.40. The SMILES string of the molecule is CC(C)NC(=O)C1CCCC1.CC(C)NC(=O)C1CCCCC1(F)F.CNC(C)C.O=CC1CCCCC1F. The predicted octanol–water partition coefficient (Wildman–Crippen LogP) is 6.37. The van der Waals surface area contributed by atoms with Gasteiger partial charge in [-0.05, 0) is 73.3 Å². The maximum absolute atomic E-state index is 13.3. The quantitative estimate of drug-likeness (QED) is 0.328. The van der Waals surface area contributed by atoms with Gasteiger partial charge in [-0.15, -0.1) is 0 Å². The zero-order valence-corrected chi connectivity index (χ0v) is 25.5. The van der Waals surface area contributed by atoms with E-state index in [1.807, 2.05) is 20.9 Å². The molecule has 0 saturated heterocycles. The van der Waals surface area contributed by atoms with Crippen LogP contribution in [0.1, 0.15) is 119 Å². The van der Waals surface area contributed by atoms with Crippen LogP contribution in [0.3, 0.4) is 0 Å². The largest absolute Gasteiger partial charge is 0.354 e. The lowest BCUT2D eigenvalue weighted by Gasteiger charge is -2.30. The smallest absolute Gasteiger partial charge is 0.259 e. The molecule has 2 amide bonds. The highest BCUT2D eigenvalue weighted by Crippen LogP contribution is 2.38. The first-order chi connectivity index (χ1) is 18.2. The molecule has 3 saturated carbocycles. The number of hydrogen-bond acceptors (Lipinski definition) is 4. The van der Waals surface area contributed by atoms with Gasteiger partial charge in [-0.2, -0.15) is 0 Å². The predicted molar refractivity (Wildman–Crippen MR) is 153 cm³/mol. The van der Waals surface area contributed by atoms with Crippen molar-refractivity contribution in [2.45, 2.75) is 149 Å². The normalized spacial score (nSPS) is 24.4. The number of rotatable bonds is 6. The van der Waals surface area contributed by atoms with E-state index < -0.39 is 23.9 Å². The van der Waals surface area contributed by atoms with Crippen molar-refractivity contribution in [2.75, 3.05) is 7.05 Å². The minimum atomic E-state index is -2.81. The Morgan fingerprint density at radius 1 is 0.744 bits per heavy atom. The van der Waals surface area contributed by atoms with E-state index in [0.717, 1.165) is 44.8 Å². The van der Waals surface area contributed by atoms with Gasteiger partial charge in [0.15, 0.2) is 0 Å². The first kappa shape index (κ1) is 37.4. The van der Waals surface area contributed by atoms with Gasteiger partial charge in [-0.25, -0.2) is 13.2 Å². The van der Waals surface area contributed by atoms with Gasteiger partial charge in [-0.1, -0.05) is 46.0 Å². The Kier molecular flexibility index (Phi) is 19.4. The van der Waals surface area contributed by atoms with E-state index in [0.29, 0.717) is 37.3 Å². The maximum atomic E-state index is 13.3. The number of halogens is 3. The van der Waals surface area contributed by atoms with E-state index in [2.05, 4.69) is 29.8 Å². The van der Waals surface area contributed by atoms with Crippen molar-refractivity contribution in [2.24, 2.45) is 17.8 Å². The Bertz CT molecular complexity index is 684. The second-order valence-electron chi connectivity index (χ2n) is 11.9. The Balaban J connectivity index is 0.000000521. The van der Waals surface area contributed by atoms with Gasteiger partial charge in [-0.3, -0.25) is 9.59 Å². The van der Waals surface area contributed by atoms with Gasteiger partial charge in [0.05, 0.1) is 0 Å². The molecule has 39 heavy (non-hydrogen) atoms. The molecule has 0 aromatic carbocycles. The summed E-state index contributed by atoms with van der Waals surface area (Å²) < 4.78 is 39.2. The number of nitrogens with one attached hydrogen (secondary N) is 3. The molecule has 0 spiro atoms. The molecule has 3 fully saturated rings. The minimum Gasteiger partial charge on any atom is -0.354 e. The van der Waals surface area contributed by atoms with Crippen molar-refractivity contribution in [1.82, 2.24) is 16.0 Å². The van der Waals surface area contributed by atoms with Crippen LogP contribution in [-0.2, 0) is 14.4 Å². The van der Waals surface area contributed by atoms with Crippen LogP contribution in [0.15, 0.2) is 0 Å². The van der Waals surface area contributed by atoms with Gasteiger partial charge >= 0.3 is 0 Å². The fraction of sp³-hybridized carbons (Fsp3) is 0.900. The fourth-order valence-corrected chi connectivity index (χ4v) is 4.66. The summed E-state index contributed by atoms with van der Waals surface area (Å²) in [6.45, 7) is 11.8. The van der Waals surface area contributed by atoms with Crippen LogP contribution in [-0.4, -0.2) is 55.4 Å². The van der Waals surface area contributed by atoms with Crippen molar-refractivity contribution in [3.8, 4) is 0 Å². The van der Waals surface area contributed by atoms with E-state index in [9.17, 15) is 27.6 Å². The van der Waals surface area contributed by atoms with Crippen molar-refractivity contribution < 1.29 is 27.6 Å². The van der Waals surface area contributed by atoms with Crippen LogP contribution in [0.2, 0.25) is 0 Å². The molecule has 230 valence electrons. The van der Waals surface area contributed by atoms with E-state index in [1.165, 1.54) is 12.8 Å². The molecule has 0 aliphatic heterocycles. The van der Waals surface area contributed by atoms with Crippen LogP contribution in [0.25, 0.3) is 0 Å². The lowest BCUT2D eigenvalue weighted by Crippen LogP contribution is -2.45. The van der Waals surface area contributed by atoms with Gasteiger partial charge in [0.2, 0.25) is 11.8 Å². The summed E-state index contributed by atoms with van der Waals surface area (Å²) in [5.41, 5.74) is 0. The molecule has 0 heterocycles. The first-order valence-corrected chi connectivity index (χ1v) is 15.0. The first-order valence-electron chi connectivity index (χ1n) is 15.0. The van der Waals surface area contributed by atoms with Crippen LogP contribution >= 0.6 is 0 Å². The highest BCUT2D eigenvalue weighted by atomic mass is 19.3. The standard InChI is InChI=1S/C10H17F2NO.C9H17NO.C7H11FO.C4H11N/c1-7(2)13-9(14)8-5-3-4-6-10(8,11)12;1-7(2)10-9(11)8-5-3-4-6-8;8-7-4-2-1-3-6(7)5-9;1-4(2)5-3/h7-8H,3-6H2,1-2H3,(H,13,14);7-8H,3-6H2,1-2H3,(H,10,11);5-7H,1-4H2;4-5H,1-3H3. The van der Waals surface area contributed by atoms with Gasteiger partial charge < -0.3 is 20.7 Å². The third kappa shape index (κ3) is 16.9. The summed E-state index contributed by atoms with van der Waals surface area (Å²) in [5.74, 6) is -4.13. The molecule has 0 aromatic heterocycles. The monoisotopic (exact) mass is 563 g/mol. The average molecular weight is 564 g/mol. The van der Waals surface area contributed by atoms with Crippen LogP contribution in [0.5, 0.6) is 0 Å². The molecule has 3 rings (SSSR count). The Labute approximate surface area is 235 Å². The lowest BCUT2D eigenvalue weighted by molar-refractivity contribution is -0.145. The van der Waals surface area contributed by atoms with Crippen molar-refractivity contribution in [3.63, 3.8) is 0 Å². The van der Waals surface area contributed by atoms with E-state index in [-0.39, 0.29) is 24.3 Å². The van der Waals surface area contributed by atoms with Gasteiger partial charge in [0, 0.05) is 36.4 Å². The number of carbonyl (C=O) groups excluding carboxylic acids is 3. The molecular formula is C30H56F3N3O3. The molecule has 0 radical (unpaired) electrons. The Morgan fingerprint density at radius 3 is 1.62 bits per heavy atom. The molecule has 3 N–H and O–H groups in total. The molecule has 3 atom stereocenters. The molecule has 3 unspecified atom stereocenters. The number of aldehydes is 1. The molecule has 0 bridgehead atoms. The van der Waals surface area contributed by atoms with Crippen LogP contribution in [0.4, 0.5) is 13.2 Å². The summed E-state index contributed by atoms with van der Waals surface area (Å²) in [6, 6.07) is 0.860. The second kappa shape index (κ2) is 20.3. The molecule has 9 heteroatoms. The maximum Gasteiger partial charge on any atom is 0.259 e. The Hall–Kier alpha value is -1.64. The number of alkyl halides is 3. The fourth-order valence-electron chi connectivity index (χ4n) is 4.66.